The number of nitrogens with one attached hydrogen (secondary N) is 1. The summed E-state index contributed by atoms with van der Waals surface area (Å²) in [6.45, 7) is 1.45. The number of halogens is 4. The third-order valence-corrected chi connectivity index (χ3v) is 4.79. The van der Waals surface area contributed by atoms with E-state index in [1.807, 2.05) is 0 Å². The van der Waals surface area contributed by atoms with Crippen molar-refractivity contribution in [3.05, 3.63) is 52.7 Å². The Hall–Kier alpha value is -2.18. The first-order valence-electron chi connectivity index (χ1n) is 7.78. The quantitative estimate of drug-likeness (QED) is 0.649. The molecular weight excluding hydrogens is 353 g/mol. The summed E-state index contributed by atoms with van der Waals surface area (Å²) in [6, 6.07) is 9.44. The lowest BCUT2D eigenvalue weighted by Crippen LogP contribution is -2.27. The number of hydrogen-bond acceptors (Lipinski definition) is 2. The smallest absolute Gasteiger partial charge is 0.417 e. The summed E-state index contributed by atoms with van der Waals surface area (Å²) >= 11 is 5.87. The zero-order valence-corrected chi connectivity index (χ0v) is 13.7. The van der Waals surface area contributed by atoms with Gasteiger partial charge in [0, 0.05) is 35.7 Å². The second-order valence-corrected chi connectivity index (χ2v) is 6.49. The highest BCUT2D eigenvalue weighted by molar-refractivity contribution is 6.30. The van der Waals surface area contributed by atoms with E-state index < -0.39 is 11.7 Å². The van der Waals surface area contributed by atoms with Gasteiger partial charge in [-0.2, -0.15) is 13.2 Å². The molecule has 1 aliphatic heterocycles. The van der Waals surface area contributed by atoms with Crippen molar-refractivity contribution in [2.45, 2.75) is 19.3 Å². The lowest BCUT2D eigenvalue weighted by molar-refractivity contribution is -0.136. The van der Waals surface area contributed by atoms with Crippen LogP contribution in [0, 0.1) is 0 Å². The van der Waals surface area contributed by atoms with E-state index in [2.05, 4.69) is 5.32 Å². The molecule has 4 rings (SSSR count). The van der Waals surface area contributed by atoms with Gasteiger partial charge in [-0.1, -0.05) is 23.7 Å². The first-order valence-corrected chi connectivity index (χ1v) is 8.16. The monoisotopic (exact) mass is 366 g/mol. The van der Waals surface area contributed by atoms with Gasteiger partial charge in [-0.15, -0.1) is 0 Å². The molecule has 0 spiro atoms. The molecular formula is C18H14ClF3N2O. The number of benzene rings is 2. The first-order chi connectivity index (χ1) is 11.9. The Balaban J connectivity index is 2.05. The maximum atomic E-state index is 13.7. The minimum Gasteiger partial charge on any atom is -0.494 e. The molecule has 3 aromatic rings. The summed E-state index contributed by atoms with van der Waals surface area (Å²) < 4.78 is 42.6. The molecule has 0 atom stereocenters. The second kappa shape index (κ2) is 5.68. The SMILES string of the molecule is Oc1c2c(C(F)(F)F)cc(-c3ccc(Cl)cc3)cc2c2n1CCNC2. The van der Waals surface area contributed by atoms with Crippen LogP contribution in [0.3, 0.4) is 0 Å². The minimum atomic E-state index is -4.57. The molecule has 25 heavy (non-hydrogen) atoms. The van der Waals surface area contributed by atoms with E-state index in [-0.39, 0.29) is 11.3 Å². The van der Waals surface area contributed by atoms with Crippen molar-refractivity contribution in [2.75, 3.05) is 6.54 Å². The minimum absolute atomic E-state index is 0.135. The molecule has 130 valence electrons. The molecule has 0 saturated heterocycles. The summed E-state index contributed by atoms with van der Waals surface area (Å²) in [5, 5.41) is 14.3. The van der Waals surface area contributed by atoms with Crippen molar-refractivity contribution in [1.82, 2.24) is 9.88 Å². The van der Waals surface area contributed by atoms with Crippen LogP contribution in [0.25, 0.3) is 21.9 Å². The van der Waals surface area contributed by atoms with Crippen LogP contribution >= 0.6 is 11.6 Å². The van der Waals surface area contributed by atoms with Crippen molar-refractivity contribution in [1.29, 1.82) is 0 Å². The summed E-state index contributed by atoms with van der Waals surface area (Å²) in [7, 11) is 0. The number of hydrogen-bond donors (Lipinski definition) is 2. The molecule has 2 heterocycles. The number of nitrogens with zero attached hydrogens (tertiary/aromatic N) is 1. The number of fused-ring (bicyclic) bond motifs is 3. The van der Waals surface area contributed by atoms with Crippen molar-refractivity contribution in [2.24, 2.45) is 0 Å². The Morgan fingerprint density at radius 3 is 2.48 bits per heavy atom. The molecule has 0 bridgehead atoms. The van der Waals surface area contributed by atoms with E-state index >= 15 is 0 Å². The summed E-state index contributed by atoms with van der Waals surface area (Å²) in [5.74, 6) is -0.318. The number of rotatable bonds is 1. The van der Waals surface area contributed by atoms with Crippen LogP contribution < -0.4 is 5.32 Å². The van der Waals surface area contributed by atoms with Gasteiger partial charge in [0.2, 0.25) is 0 Å². The Kier molecular flexibility index (Phi) is 3.70. The topological polar surface area (TPSA) is 37.2 Å². The van der Waals surface area contributed by atoms with E-state index in [0.717, 1.165) is 6.07 Å². The van der Waals surface area contributed by atoms with Crippen LogP contribution in [-0.4, -0.2) is 16.2 Å². The van der Waals surface area contributed by atoms with Crippen molar-refractivity contribution in [3.8, 4) is 17.0 Å². The predicted molar refractivity (Wildman–Crippen MR) is 90.8 cm³/mol. The highest BCUT2D eigenvalue weighted by Gasteiger charge is 2.36. The Labute approximate surface area is 146 Å². The van der Waals surface area contributed by atoms with Crippen LogP contribution in [0.5, 0.6) is 5.88 Å². The fourth-order valence-electron chi connectivity index (χ4n) is 3.38. The molecule has 7 heteroatoms. The lowest BCUT2D eigenvalue weighted by Gasteiger charge is -2.17. The molecule has 0 fully saturated rings. The van der Waals surface area contributed by atoms with Gasteiger partial charge in [-0.25, -0.2) is 0 Å². The van der Waals surface area contributed by atoms with E-state index in [4.69, 9.17) is 11.6 Å². The third kappa shape index (κ3) is 2.65. The fraction of sp³-hybridized carbons (Fsp3) is 0.222. The van der Waals surface area contributed by atoms with Crippen LogP contribution in [0.4, 0.5) is 13.2 Å². The second-order valence-electron chi connectivity index (χ2n) is 6.05. The number of alkyl halides is 3. The van der Waals surface area contributed by atoms with Gasteiger partial charge in [-0.3, -0.25) is 0 Å². The zero-order valence-electron chi connectivity index (χ0n) is 13.0. The van der Waals surface area contributed by atoms with E-state index in [1.54, 1.807) is 34.9 Å². The van der Waals surface area contributed by atoms with Crippen LogP contribution in [-0.2, 0) is 19.3 Å². The van der Waals surface area contributed by atoms with Crippen LogP contribution in [0.15, 0.2) is 36.4 Å². The molecule has 2 N–H and O–H groups in total. The van der Waals surface area contributed by atoms with Gasteiger partial charge < -0.3 is 15.0 Å². The molecule has 3 nitrogen and oxygen atoms in total. The van der Waals surface area contributed by atoms with Gasteiger partial charge in [0.1, 0.15) is 0 Å². The van der Waals surface area contributed by atoms with Gasteiger partial charge >= 0.3 is 6.18 Å². The molecule has 0 amide bonds. The summed E-state index contributed by atoms with van der Waals surface area (Å²) in [5.41, 5.74) is 0.921. The van der Waals surface area contributed by atoms with Crippen molar-refractivity contribution < 1.29 is 18.3 Å². The fourth-order valence-corrected chi connectivity index (χ4v) is 3.51. The van der Waals surface area contributed by atoms with Gasteiger partial charge in [0.05, 0.1) is 10.9 Å². The standard InChI is InChI=1S/C18H14ClF3N2O/c19-12-3-1-10(2-4-12)11-7-13-15-9-23-5-6-24(15)17(25)16(13)14(8-11)18(20,21)22/h1-4,7-8,23,25H,5-6,9H2. The third-order valence-electron chi connectivity index (χ3n) is 4.54. The first kappa shape index (κ1) is 16.3. The number of aromatic nitrogens is 1. The van der Waals surface area contributed by atoms with Crippen LogP contribution in [0.2, 0.25) is 5.02 Å². The van der Waals surface area contributed by atoms with E-state index in [0.29, 0.717) is 46.9 Å². The van der Waals surface area contributed by atoms with Gasteiger partial charge in [0.15, 0.2) is 5.88 Å². The summed E-state index contributed by atoms with van der Waals surface area (Å²) in [4.78, 5) is 0. The normalized spacial score (nSPS) is 14.7. The van der Waals surface area contributed by atoms with Crippen LogP contribution in [0.1, 0.15) is 11.3 Å². The Bertz CT molecular complexity index is 961. The predicted octanol–water partition coefficient (Wildman–Crippen LogP) is 4.79. The van der Waals surface area contributed by atoms with Crippen molar-refractivity contribution >= 4 is 22.4 Å². The maximum absolute atomic E-state index is 13.7. The largest absolute Gasteiger partial charge is 0.494 e. The average molecular weight is 367 g/mol. The van der Waals surface area contributed by atoms with Gasteiger partial charge in [0.25, 0.3) is 0 Å². The Morgan fingerprint density at radius 1 is 1.08 bits per heavy atom. The van der Waals surface area contributed by atoms with Gasteiger partial charge in [-0.05, 0) is 35.4 Å². The van der Waals surface area contributed by atoms with Crippen molar-refractivity contribution in [3.63, 3.8) is 0 Å². The summed E-state index contributed by atoms with van der Waals surface area (Å²) in [6.07, 6.45) is -4.57. The molecule has 0 saturated carbocycles. The molecule has 1 aliphatic rings. The molecule has 0 radical (unpaired) electrons. The van der Waals surface area contributed by atoms with E-state index in [9.17, 15) is 18.3 Å². The molecule has 2 aromatic carbocycles. The number of aromatic hydroxyl groups is 1. The molecule has 0 aliphatic carbocycles. The maximum Gasteiger partial charge on any atom is 0.417 e. The molecule has 0 unspecified atom stereocenters. The van der Waals surface area contributed by atoms with E-state index in [1.165, 1.54) is 0 Å². The molecule has 1 aromatic heterocycles. The lowest BCUT2D eigenvalue weighted by atomic mass is 9.97. The average Bonchev–Trinajstić information content (AvgIpc) is 2.87. The Morgan fingerprint density at radius 2 is 1.80 bits per heavy atom. The highest BCUT2D eigenvalue weighted by Crippen LogP contribution is 2.44. The zero-order chi connectivity index (χ0) is 17.8. The highest BCUT2D eigenvalue weighted by atomic mass is 35.5.